The Labute approximate surface area is 280 Å². The number of aromatic nitrogens is 1. The first-order valence-electron chi connectivity index (χ1n) is 15.3. The molecule has 0 saturated heterocycles. The lowest BCUT2D eigenvalue weighted by molar-refractivity contribution is -0.143. The Bertz CT molecular complexity index is 2480. The molecular formula is C41H23F6NS. The van der Waals surface area contributed by atoms with Crippen LogP contribution in [0.1, 0.15) is 11.1 Å². The van der Waals surface area contributed by atoms with Crippen LogP contribution in [0.15, 0.2) is 140 Å². The highest BCUT2D eigenvalue weighted by molar-refractivity contribution is 7.25. The lowest BCUT2D eigenvalue weighted by atomic mass is 9.95. The van der Waals surface area contributed by atoms with Crippen molar-refractivity contribution < 1.29 is 26.3 Å². The third kappa shape index (κ3) is 5.93. The van der Waals surface area contributed by atoms with Crippen LogP contribution in [0, 0.1) is 0 Å². The Morgan fingerprint density at radius 2 is 0.878 bits per heavy atom. The van der Waals surface area contributed by atoms with Gasteiger partial charge in [-0.1, -0.05) is 78.9 Å². The molecule has 0 amide bonds. The quantitative estimate of drug-likeness (QED) is 0.169. The average molecular weight is 676 g/mol. The minimum Gasteiger partial charge on any atom is -0.245 e. The van der Waals surface area contributed by atoms with Crippen LogP contribution in [0.5, 0.6) is 0 Å². The third-order valence-electron chi connectivity index (χ3n) is 8.78. The summed E-state index contributed by atoms with van der Waals surface area (Å²) in [5, 5.41) is 4.39. The number of nitrogens with zero attached hydrogens (tertiary/aromatic N) is 1. The van der Waals surface area contributed by atoms with E-state index in [1.54, 1.807) is 35.6 Å². The van der Waals surface area contributed by atoms with E-state index < -0.39 is 23.5 Å². The lowest BCUT2D eigenvalue weighted by Crippen LogP contribution is -2.11. The summed E-state index contributed by atoms with van der Waals surface area (Å²) >= 11 is 1.69. The van der Waals surface area contributed by atoms with Crippen LogP contribution in [-0.4, -0.2) is 4.98 Å². The zero-order valence-corrected chi connectivity index (χ0v) is 26.2. The molecule has 1 nitrogen and oxygen atoms in total. The molecule has 0 aliphatic heterocycles. The number of fused-ring (bicyclic) bond motifs is 4. The summed E-state index contributed by atoms with van der Waals surface area (Å²) in [5.41, 5.74) is 3.43. The molecule has 6 aromatic carbocycles. The van der Waals surface area contributed by atoms with Gasteiger partial charge in [0.05, 0.1) is 11.1 Å². The van der Waals surface area contributed by atoms with Crippen LogP contribution in [0.3, 0.4) is 0 Å². The van der Waals surface area contributed by atoms with Gasteiger partial charge in [0.2, 0.25) is 0 Å². The molecule has 0 aliphatic rings. The van der Waals surface area contributed by atoms with Gasteiger partial charge in [-0.05, 0) is 110 Å². The van der Waals surface area contributed by atoms with Gasteiger partial charge in [-0.3, -0.25) is 0 Å². The number of alkyl halides is 6. The van der Waals surface area contributed by atoms with E-state index >= 15 is 0 Å². The third-order valence-corrected chi connectivity index (χ3v) is 9.87. The van der Waals surface area contributed by atoms with E-state index in [1.807, 2.05) is 30.5 Å². The van der Waals surface area contributed by atoms with Crippen LogP contribution in [0.4, 0.5) is 26.3 Å². The van der Waals surface area contributed by atoms with Crippen molar-refractivity contribution in [1.29, 1.82) is 0 Å². The molecule has 0 radical (unpaired) electrons. The SMILES string of the molecule is FC(F)(F)c1cc(-c2ccc(-c3ccc4ccc(-c5ccc(-c6ccc7sc8ncccc8c7c6)cc5)cc4c3)cc2)cc(C(F)(F)F)c1. The molecule has 0 unspecified atom stereocenters. The van der Waals surface area contributed by atoms with Gasteiger partial charge in [-0.15, -0.1) is 11.3 Å². The molecule has 8 aromatic rings. The fourth-order valence-electron chi connectivity index (χ4n) is 6.23. The van der Waals surface area contributed by atoms with E-state index in [2.05, 4.69) is 71.7 Å². The van der Waals surface area contributed by atoms with Crippen molar-refractivity contribution in [3.8, 4) is 44.5 Å². The number of benzene rings is 6. The Morgan fingerprint density at radius 3 is 1.41 bits per heavy atom. The van der Waals surface area contributed by atoms with Crippen LogP contribution in [-0.2, 0) is 12.4 Å². The second-order valence-electron chi connectivity index (χ2n) is 11.9. The van der Waals surface area contributed by atoms with Crippen molar-refractivity contribution in [1.82, 2.24) is 4.98 Å². The maximum Gasteiger partial charge on any atom is 0.416 e. The molecule has 0 spiro atoms. The van der Waals surface area contributed by atoms with E-state index in [4.69, 9.17) is 0 Å². The van der Waals surface area contributed by atoms with Gasteiger partial charge in [0.25, 0.3) is 0 Å². The first-order valence-corrected chi connectivity index (χ1v) is 16.1. The molecule has 0 bridgehead atoms. The molecule has 49 heavy (non-hydrogen) atoms. The molecule has 2 heterocycles. The van der Waals surface area contributed by atoms with Crippen molar-refractivity contribution >= 4 is 42.4 Å². The summed E-state index contributed by atoms with van der Waals surface area (Å²) in [6, 6.07) is 39.4. The number of thiophene rings is 1. The maximum atomic E-state index is 13.4. The molecule has 0 atom stereocenters. The Morgan fingerprint density at radius 1 is 0.408 bits per heavy atom. The molecule has 8 heteroatoms. The molecule has 2 aromatic heterocycles. The summed E-state index contributed by atoms with van der Waals surface area (Å²) in [7, 11) is 0. The first kappa shape index (κ1) is 30.8. The van der Waals surface area contributed by atoms with Crippen LogP contribution in [0.2, 0.25) is 0 Å². The van der Waals surface area contributed by atoms with Crippen molar-refractivity contribution in [2.75, 3.05) is 0 Å². The van der Waals surface area contributed by atoms with E-state index in [0.717, 1.165) is 66.5 Å². The molecule has 0 fully saturated rings. The summed E-state index contributed by atoms with van der Waals surface area (Å²) in [6.07, 6.45) is -8.00. The van der Waals surface area contributed by atoms with Gasteiger partial charge in [0.1, 0.15) is 4.83 Å². The lowest BCUT2D eigenvalue weighted by Gasteiger charge is -2.14. The van der Waals surface area contributed by atoms with Gasteiger partial charge >= 0.3 is 12.4 Å². The molecule has 0 aliphatic carbocycles. The first-order chi connectivity index (χ1) is 23.5. The Kier molecular flexibility index (Phi) is 7.30. The largest absolute Gasteiger partial charge is 0.416 e. The van der Waals surface area contributed by atoms with Crippen LogP contribution in [0.25, 0.3) is 75.6 Å². The molecule has 8 rings (SSSR count). The summed E-state index contributed by atoms with van der Waals surface area (Å²) < 4.78 is 81.6. The van der Waals surface area contributed by atoms with Gasteiger partial charge < -0.3 is 0 Å². The van der Waals surface area contributed by atoms with Crippen molar-refractivity contribution in [3.63, 3.8) is 0 Å². The highest BCUT2D eigenvalue weighted by Gasteiger charge is 2.37. The second-order valence-corrected chi connectivity index (χ2v) is 12.9. The second kappa shape index (κ2) is 11.6. The highest BCUT2D eigenvalue weighted by Crippen LogP contribution is 2.40. The van der Waals surface area contributed by atoms with Gasteiger partial charge in [-0.25, -0.2) is 4.98 Å². The summed E-state index contributed by atoms with van der Waals surface area (Å²) in [4.78, 5) is 5.53. The molecule has 240 valence electrons. The maximum absolute atomic E-state index is 13.4. The van der Waals surface area contributed by atoms with Crippen LogP contribution >= 0.6 is 11.3 Å². The Hall–Kier alpha value is -5.47. The smallest absolute Gasteiger partial charge is 0.245 e. The summed E-state index contributed by atoms with van der Waals surface area (Å²) in [6.45, 7) is 0. The van der Waals surface area contributed by atoms with E-state index in [1.165, 1.54) is 10.1 Å². The number of hydrogen-bond acceptors (Lipinski definition) is 2. The molecule has 0 saturated carbocycles. The predicted octanol–water partition coefficient (Wildman–Crippen LogP) is 13.3. The zero-order valence-electron chi connectivity index (χ0n) is 25.4. The number of rotatable bonds is 4. The fraction of sp³-hybridized carbons (Fsp3) is 0.0488. The van der Waals surface area contributed by atoms with Crippen LogP contribution < -0.4 is 0 Å². The number of halogens is 6. The predicted molar refractivity (Wildman–Crippen MR) is 186 cm³/mol. The van der Waals surface area contributed by atoms with Crippen molar-refractivity contribution in [2.45, 2.75) is 12.4 Å². The number of hydrogen-bond donors (Lipinski definition) is 0. The normalized spacial score (nSPS) is 12.3. The minimum atomic E-state index is -4.91. The van der Waals surface area contributed by atoms with Gasteiger partial charge in [-0.2, -0.15) is 26.3 Å². The molecular weight excluding hydrogens is 653 g/mol. The van der Waals surface area contributed by atoms with E-state index in [-0.39, 0.29) is 17.2 Å². The fourth-order valence-corrected chi connectivity index (χ4v) is 7.25. The standard InChI is InChI=1S/C41H23F6NS/c42-40(43,44)34-20-33(21-35(23-34)41(45,46)47)28-9-7-25(8-10-28)30-14-12-27-11-13-29(18-32(27)19-30)24-3-5-26(6-4-24)31-15-16-38-37(22-31)36-2-1-17-48-39(36)49-38/h1-23H. The Balaban J connectivity index is 1.07. The zero-order chi connectivity index (χ0) is 33.9. The van der Waals surface area contributed by atoms with Crippen molar-refractivity contribution in [3.05, 3.63) is 151 Å². The monoisotopic (exact) mass is 675 g/mol. The van der Waals surface area contributed by atoms with E-state index in [9.17, 15) is 26.3 Å². The van der Waals surface area contributed by atoms with Gasteiger partial charge in [0, 0.05) is 21.7 Å². The minimum absolute atomic E-state index is 0.139. The molecule has 0 N–H and O–H groups in total. The van der Waals surface area contributed by atoms with Crippen molar-refractivity contribution in [2.24, 2.45) is 0 Å². The number of pyridine rings is 1. The topological polar surface area (TPSA) is 12.9 Å². The van der Waals surface area contributed by atoms with Gasteiger partial charge in [0.15, 0.2) is 0 Å². The average Bonchev–Trinajstić information content (AvgIpc) is 3.48. The van der Waals surface area contributed by atoms with E-state index in [0.29, 0.717) is 0 Å². The highest BCUT2D eigenvalue weighted by atomic mass is 32.1. The summed E-state index contributed by atoms with van der Waals surface area (Å²) in [5.74, 6) is 0.